The van der Waals surface area contributed by atoms with Crippen molar-refractivity contribution < 1.29 is 5.11 Å². The Morgan fingerprint density at radius 3 is 2.56 bits per heavy atom. The van der Waals surface area contributed by atoms with Gasteiger partial charge in [-0.2, -0.15) is 0 Å². The van der Waals surface area contributed by atoms with Crippen LogP contribution in [-0.2, 0) is 0 Å². The predicted molar refractivity (Wildman–Crippen MR) is 40.3 cm³/mol. The lowest BCUT2D eigenvalue weighted by Crippen LogP contribution is -1.97. The van der Waals surface area contributed by atoms with Crippen LogP contribution < -0.4 is 0 Å². The molecule has 1 N–H and O–H groups in total. The van der Waals surface area contributed by atoms with Crippen LogP contribution in [0.4, 0.5) is 0 Å². The Balaban J connectivity index is 3.15. The minimum Gasteiger partial charge on any atom is -0.396 e. The van der Waals surface area contributed by atoms with Crippen molar-refractivity contribution in [3.05, 3.63) is 12.2 Å². The van der Waals surface area contributed by atoms with Gasteiger partial charge in [0.15, 0.2) is 0 Å². The summed E-state index contributed by atoms with van der Waals surface area (Å²) in [5.41, 5.74) is 0. The molecule has 0 saturated heterocycles. The van der Waals surface area contributed by atoms with E-state index in [0.29, 0.717) is 12.5 Å². The van der Waals surface area contributed by atoms with Crippen LogP contribution >= 0.6 is 0 Å². The fourth-order valence-electron chi connectivity index (χ4n) is 0.570. The zero-order chi connectivity index (χ0) is 7.11. The molecule has 0 aliphatic rings. The van der Waals surface area contributed by atoms with Gasteiger partial charge in [-0.25, -0.2) is 0 Å². The van der Waals surface area contributed by atoms with E-state index in [1.165, 1.54) is 0 Å². The topological polar surface area (TPSA) is 20.2 Å². The number of allylic oxidation sites excluding steroid dienone is 2. The van der Waals surface area contributed by atoms with E-state index < -0.39 is 0 Å². The van der Waals surface area contributed by atoms with E-state index in [4.69, 9.17) is 5.11 Å². The summed E-state index contributed by atoms with van der Waals surface area (Å²) in [4.78, 5) is 0. The lowest BCUT2D eigenvalue weighted by atomic mass is 10.1. The van der Waals surface area contributed by atoms with Crippen molar-refractivity contribution in [2.75, 3.05) is 6.61 Å². The van der Waals surface area contributed by atoms with Gasteiger partial charge in [-0.3, -0.25) is 0 Å². The molecule has 0 unspecified atom stereocenters. The summed E-state index contributed by atoms with van der Waals surface area (Å²) in [6.07, 6.45) is 6.36. The normalized spacial score (nSPS) is 14.6. The zero-order valence-electron chi connectivity index (χ0n) is 6.30. The van der Waals surface area contributed by atoms with Gasteiger partial charge >= 0.3 is 0 Å². The van der Waals surface area contributed by atoms with Crippen molar-refractivity contribution >= 4 is 0 Å². The maximum atomic E-state index is 8.60. The Morgan fingerprint density at radius 2 is 2.11 bits per heavy atom. The first-order chi connectivity index (χ1) is 4.31. The molecule has 0 aromatic carbocycles. The highest BCUT2D eigenvalue weighted by Gasteiger charge is 1.93. The van der Waals surface area contributed by atoms with Gasteiger partial charge in [-0.05, 0) is 18.8 Å². The summed E-state index contributed by atoms with van der Waals surface area (Å²) in [5, 5.41) is 8.60. The third kappa shape index (κ3) is 5.57. The van der Waals surface area contributed by atoms with Gasteiger partial charge in [0.25, 0.3) is 0 Å². The average molecular weight is 128 g/mol. The molecule has 0 radical (unpaired) electrons. The van der Waals surface area contributed by atoms with Crippen LogP contribution in [0.15, 0.2) is 12.2 Å². The van der Waals surface area contributed by atoms with Crippen molar-refractivity contribution in [3.63, 3.8) is 0 Å². The molecule has 0 aliphatic carbocycles. The molecule has 1 nitrogen and oxygen atoms in total. The van der Waals surface area contributed by atoms with E-state index in [0.717, 1.165) is 12.8 Å². The third-order valence-corrected chi connectivity index (χ3v) is 1.25. The van der Waals surface area contributed by atoms with Gasteiger partial charge in [0, 0.05) is 6.61 Å². The molecular formula is C8H16O. The Bertz CT molecular complexity index is 76.6. The van der Waals surface area contributed by atoms with Crippen molar-refractivity contribution in [2.24, 2.45) is 5.92 Å². The second-order valence-electron chi connectivity index (χ2n) is 2.40. The van der Waals surface area contributed by atoms with Crippen molar-refractivity contribution in [2.45, 2.75) is 26.7 Å². The highest BCUT2D eigenvalue weighted by molar-refractivity contribution is 4.81. The van der Waals surface area contributed by atoms with Crippen LogP contribution in [0.1, 0.15) is 26.7 Å². The highest BCUT2D eigenvalue weighted by Crippen LogP contribution is 2.00. The van der Waals surface area contributed by atoms with Crippen LogP contribution in [0.25, 0.3) is 0 Å². The highest BCUT2D eigenvalue weighted by atomic mass is 16.3. The summed E-state index contributed by atoms with van der Waals surface area (Å²) in [5.74, 6) is 0.424. The first-order valence-corrected chi connectivity index (χ1v) is 3.57. The third-order valence-electron chi connectivity index (χ3n) is 1.25. The molecule has 0 spiro atoms. The van der Waals surface area contributed by atoms with E-state index in [1.807, 2.05) is 6.92 Å². The summed E-state index contributed by atoms with van der Waals surface area (Å²) in [6, 6.07) is 0. The smallest absolute Gasteiger partial charge is 0.0459 e. The molecule has 0 aliphatic heterocycles. The molecule has 54 valence electrons. The van der Waals surface area contributed by atoms with E-state index in [1.54, 1.807) is 0 Å². The Hall–Kier alpha value is -0.300. The molecule has 0 fully saturated rings. The maximum Gasteiger partial charge on any atom is 0.0459 e. The van der Waals surface area contributed by atoms with E-state index in [-0.39, 0.29) is 0 Å². The predicted octanol–water partition coefficient (Wildman–Crippen LogP) is 1.97. The first-order valence-electron chi connectivity index (χ1n) is 3.57. The van der Waals surface area contributed by atoms with Crippen molar-refractivity contribution in [1.29, 1.82) is 0 Å². The minimum atomic E-state index is 0.300. The molecule has 1 atom stereocenters. The maximum absolute atomic E-state index is 8.60. The second kappa shape index (κ2) is 5.83. The quantitative estimate of drug-likeness (QED) is 0.574. The van der Waals surface area contributed by atoms with Crippen LogP contribution in [-0.4, -0.2) is 11.7 Å². The molecule has 0 heterocycles. The van der Waals surface area contributed by atoms with Crippen LogP contribution in [0.5, 0.6) is 0 Å². The van der Waals surface area contributed by atoms with E-state index in [9.17, 15) is 0 Å². The Labute approximate surface area is 57.4 Å². The molecule has 0 amide bonds. The first kappa shape index (κ1) is 8.70. The number of hydrogen-bond acceptors (Lipinski definition) is 1. The summed E-state index contributed by atoms with van der Waals surface area (Å²) in [7, 11) is 0. The summed E-state index contributed by atoms with van der Waals surface area (Å²) < 4.78 is 0. The average Bonchev–Trinajstić information content (AvgIpc) is 1.89. The van der Waals surface area contributed by atoms with Crippen LogP contribution in [0.2, 0.25) is 0 Å². The molecule has 1 heteroatoms. The fourth-order valence-corrected chi connectivity index (χ4v) is 0.570. The van der Waals surface area contributed by atoms with Gasteiger partial charge in [0.2, 0.25) is 0 Å². The second-order valence-corrected chi connectivity index (χ2v) is 2.40. The SMILES string of the molecule is CC/C=C/C[C@H](C)CO. The van der Waals surface area contributed by atoms with Crippen molar-refractivity contribution in [3.8, 4) is 0 Å². The number of aliphatic hydroxyl groups is 1. The van der Waals surface area contributed by atoms with Crippen LogP contribution in [0, 0.1) is 5.92 Å². The van der Waals surface area contributed by atoms with Gasteiger partial charge in [0.1, 0.15) is 0 Å². The summed E-state index contributed by atoms with van der Waals surface area (Å²) >= 11 is 0. The Morgan fingerprint density at radius 1 is 1.44 bits per heavy atom. The Kier molecular flexibility index (Phi) is 5.64. The number of rotatable bonds is 4. The molecule has 0 rings (SSSR count). The number of aliphatic hydroxyl groups excluding tert-OH is 1. The van der Waals surface area contributed by atoms with Gasteiger partial charge < -0.3 is 5.11 Å². The van der Waals surface area contributed by atoms with Gasteiger partial charge in [-0.15, -0.1) is 0 Å². The standard InChI is InChI=1S/C8H16O/c1-3-4-5-6-8(2)7-9/h4-5,8-9H,3,6-7H2,1-2H3/b5-4+/t8-/m0/s1. The lowest BCUT2D eigenvalue weighted by Gasteiger charge is -2.00. The largest absolute Gasteiger partial charge is 0.396 e. The van der Waals surface area contributed by atoms with Gasteiger partial charge in [0.05, 0.1) is 0 Å². The lowest BCUT2D eigenvalue weighted by molar-refractivity contribution is 0.239. The monoisotopic (exact) mass is 128 g/mol. The van der Waals surface area contributed by atoms with E-state index in [2.05, 4.69) is 19.1 Å². The molecular weight excluding hydrogens is 112 g/mol. The molecule has 9 heavy (non-hydrogen) atoms. The fraction of sp³-hybridized carbons (Fsp3) is 0.750. The minimum absolute atomic E-state index is 0.300. The molecule has 0 saturated carbocycles. The zero-order valence-corrected chi connectivity index (χ0v) is 6.30. The molecule has 0 aromatic rings. The number of hydrogen-bond donors (Lipinski definition) is 1. The molecule has 0 bridgehead atoms. The van der Waals surface area contributed by atoms with Crippen LogP contribution in [0.3, 0.4) is 0 Å². The van der Waals surface area contributed by atoms with E-state index >= 15 is 0 Å². The summed E-state index contributed by atoms with van der Waals surface area (Å²) in [6.45, 7) is 4.45. The van der Waals surface area contributed by atoms with Gasteiger partial charge in [-0.1, -0.05) is 26.0 Å². The van der Waals surface area contributed by atoms with Crippen molar-refractivity contribution in [1.82, 2.24) is 0 Å². The molecule has 0 aromatic heterocycles.